The minimum Gasteiger partial charge on any atom is -0.442 e. The Labute approximate surface area is 143 Å². The Morgan fingerprint density at radius 2 is 1.64 bits per heavy atom. The number of ether oxygens (including phenoxy) is 1. The van der Waals surface area contributed by atoms with Gasteiger partial charge in [-0.2, -0.15) is 21.6 Å². The second kappa shape index (κ2) is 5.86. The number of allylic oxidation sites excluding steroid dienone is 2. The van der Waals surface area contributed by atoms with E-state index in [1.165, 1.54) is 26.8 Å². The van der Waals surface area contributed by atoms with E-state index < -0.39 is 52.1 Å². The van der Waals surface area contributed by atoms with Crippen molar-refractivity contribution in [3.8, 4) is 0 Å². The fourth-order valence-corrected chi connectivity index (χ4v) is 6.65. The number of hydrogen-bond donors (Lipinski definition) is 0. The van der Waals surface area contributed by atoms with Gasteiger partial charge in [0, 0.05) is 0 Å². The lowest BCUT2D eigenvalue weighted by atomic mass is 10.1. The molecule has 0 spiro atoms. The summed E-state index contributed by atoms with van der Waals surface area (Å²) >= 11 is 0. The van der Waals surface area contributed by atoms with Gasteiger partial charge in [-0.25, -0.2) is 13.2 Å². The van der Waals surface area contributed by atoms with Gasteiger partial charge in [0.05, 0.1) is 5.25 Å². The van der Waals surface area contributed by atoms with E-state index in [1.54, 1.807) is 6.08 Å². The Bertz CT molecular complexity index is 795. The van der Waals surface area contributed by atoms with Crippen LogP contribution < -0.4 is 0 Å². The second-order valence-corrected chi connectivity index (χ2v) is 11.0. The highest BCUT2D eigenvalue weighted by molar-refractivity contribution is 8.05. The zero-order valence-corrected chi connectivity index (χ0v) is 15.3. The molecule has 2 rings (SSSR count). The van der Waals surface area contributed by atoms with Crippen LogP contribution in [0.2, 0.25) is 0 Å². The molecule has 1 fully saturated rings. The largest absolute Gasteiger partial charge is 0.517 e. The summed E-state index contributed by atoms with van der Waals surface area (Å²) in [5, 5.41) is -1.42. The molecule has 1 amide bonds. The van der Waals surface area contributed by atoms with Gasteiger partial charge in [0.25, 0.3) is 10.0 Å². The monoisotopic (exact) mass is 405 g/mol. The van der Waals surface area contributed by atoms with Gasteiger partial charge in [-0.1, -0.05) is 15.9 Å². The summed E-state index contributed by atoms with van der Waals surface area (Å²) in [4.78, 5) is 12.1. The Morgan fingerprint density at radius 3 is 2.00 bits per heavy atom. The number of alkyl halides is 3. The number of hydrogen-bond acceptors (Lipinski definition) is 6. The Kier molecular flexibility index (Phi) is 4.69. The molecule has 7 nitrogen and oxygen atoms in total. The third-order valence-electron chi connectivity index (χ3n) is 3.89. The first-order valence-corrected chi connectivity index (χ1v) is 10.3. The number of halogens is 3. The first-order chi connectivity index (χ1) is 11.1. The van der Waals surface area contributed by atoms with Crippen molar-refractivity contribution in [3.05, 3.63) is 12.2 Å². The predicted molar refractivity (Wildman–Crippen MR) is 81.1 cm³/mol. The molecule has 12 heteroatoms. The Hall–Kier alpha value is -1.30. The molecule has 25 heavy (non-hydrogen) atoms. The molecule has 0 N–H and O–H groups in total. The molecule has 2 aliphatic rings. The molecular weight excluding hydrogens is 387 g/mol. The molecule has 0 heterocycles. The summed E-state index contributed by atoms with van der Waals surface area (Å²) in [5.74, 6) is -0.803. The first kappa shape index (κ1) is 20.0. The predicted octanol–water partition coefficient (Wildman–Crippen LogP) is 2.37. The average molecular weight is 405 g/mol. The minimum atomic E-state index is -6.48. The van der Waals surface area contributed by atoms with Crippen molar-refractivity contribution in [2.75, 3.05) is 0 Å². The summed E-state index contributed by atoms with van der Waals surface area (Å²) in [6.45, 7) is 3.82. The fraction of sp³-hybridized carbons (Fsp3) is 0.769. The van der Waals surface area contributed by atoms with Crippen molar-refractivity contribution in [1.82, 2.24) is 3.71 Å². The number of carbonyl (C=O) groups excluding carboxylic acids is 1. The van der Waals surface area contributed by atoms with Crippen molar-refractivity contribution in [2.24, 2.45) is 11.8 Å². The number of sulfonamides is 2. The number of rotatable bonds is 3. The fourth-order valence-electron chi connectivity index (χ4n) is 2.93. The van der Waals surface area contributed by atoms with Crippen LogP contribution in [0.1, 0.15) is 33.6 Å². The highest BCUT2D eigenvalue weighted by Crippen LogP contribution is 2.45. The number of nitrogens with zero attached hydrogens (tertiary/aromatic N) is 1. The van der Waals surface area contributed by atoms with Crippen LogP contribution >= 0.6 is 0 Å². The van der Waals surface area contributed by atoms with Crippen LogP contribution in [-0.2, 0) is 24.8 Å². The van der Waals surface area contributed by atoms with E-state index in [4.69, 9.17) is 0 Å². The van der Waals surface area contributed by atoms with Gasteiger partial charge in [0.2, 0.25) is 0 Å². The van der Waals surface area contributed by atoms with Crippen LogP contribution in [-0.4, -0.2) is 43.0 Å². The van der Waals surface area contributed by atoms with Crippen LogP contribution in [0.4, 0.5) is 18.0 Å². The van der Waals surface area contributed by atoms with Crippen molar-refractivity contribution in [1.29, 1.82) is 0 Å². The highest BCUT2D eigenvalue weighted by atomic mass is 32.3. The molecule has 2 bridgehead atoms. The normalized spacial score (nSPS) is 26.7. The van der Waals surface area contributed by atoms with Gasteiger partial charge >= 0.3 is 21.6 Å². The molecule has 2 aliphatic carbocycles. The SMILES string of the molecule is CC(C)(C)OC(=O)N(S(=O)(=O)C1CC2C=CC1C2)S(=O)(=O)C(F)(F)F. The zero-order chi connectivity index (χ0) is 19.4. The maximum Gasteiger partial charge on any atom is 0.517 e. The lowest BCUT2D eigenvalue weighted by Gasteiger charge is -2.30. The second-order valence-electron chi connectivity index (χ2n) is 6.99. The first-order valence-electron chi connectivity index (χ1n) is 7.34. The molecule has 0 aromatic rings. The van der Waals surface area contributed by atoms with E-state index >= 15 is 0 Å². The minimum absolute atomic E-state index is 0.0455. The van der Waals surface area contributed by atoms with Gasteiger partial charge in [-0.15, -0.1) is 0 Å². The molecule has 0 radical (unpaired) electrons. The number of carbonyl (C=O) groups is 1. The lowest BCUT2D eigenvalue weighted by molar-refractivity contribution is -0.0477. The highest BCUT2D eigenvalue weighted by Gasteiger charge is 2.60. The van der Waals surface area contributed by atoms with E-state index in [0.29, 0.717) is 6.42 Å². The Balaban J connectivity index is 2.52. The lowest BCUT2D eigenvalue weighted by Crippen LogP contribution is -2.52. The van der Waals surface area contributed by atoms with Crippen LogP contribution in [0.25, 0.3) is 0 Å². The molecule has 0 aliphatic heterocycles. The summed E-state index contributed by atoms with van der Waals surface area (Å²) < 4.78 is 91.3. The van der Waals surface area contributed by atoms with Crippen molar-refractivity contribution < 1.29 is 39.5 Å². The summed E-state index contributed by atoms with van der Waals surface area (Å²) in [5.41, 5.74) is -7.36. The number of fused-ring (bicyclic) bond motifs is 2. The van der Waals surface area contributed by atoms with Crippen LogP contribution in [0.3, 0.4) is 0 Å². The average Bonchev–Trinajstić information content (AvgIpc) is 2.96. The molecule has 3 atom stereocenters. The maximum absolute atomic E-state index is 13.0. The van der Waals surface area contributed by atoms with Crippen LogP contribution in [0.5, 0.6) is 0 Å². The van der Waals surface area contributed by atoms with Crippen molar-refractivity contribution in [2.45, 2.75) is 50.0 Å². The third kappa shape index (κ3) is 3.64. The van der Waals surface area contributed by atoms with E-state index in [9.17, 15) is 34.8 Å². The molecule has 0 aromatic carbocycles. The molecular formula is C13H18F3NO6S2. The quantitative estimate of drug-likeness (QED) is 0.669. The van der Waals surface area contributed by atoms with E-state index in [0.717, 1.165) is 0 Å². The van der Waals surface area contributed by atoms with E-state index in [1.807, 2.05) is 0 Å². The molecule has 1 saturated carbocycles. The topological polar surface area (TPSA) is 97.8 Å². The molecule has 144 valence electrons. The van der Waals surface area contributed by atoms with E-state index in [2.05, 4.69) is 4.74 Å². The van der Waals surface area contributed by atoms with Gasteiger partial charge in [0.1, 0.15) is 5.60 Å². The van der Waals surface area contributed by atoms with Gasteiger partial charge in [-0.3, -0.25) is 0 Å². The van der Waals surface area contributed by atoms with Crippen LogP contribution in [0, 0.1) is 11.8 Å². The molecule has 0 aromatic heterocycles. The standard InChI is InChI=1S/C13H18F3NO6S2/c1-12(2,3)23-11(18)17(25(21,22)13(14,15)16)24(19,20)10-7-8-4-5-9(10)6-8/h4-5,8-10H,6-7H2,1-3H3. The summed E-state index contributed by atoms with van der Waals surface area (Å²) in [6.07, 6.45) is 1.50. The third-order valence-corrected chi connectivity index (χ3v) is 8.19. The Morgan fingerprint density at radius 1 is 1.08 bits per heavy atom. The molecule has 3 unspecified atom stereocenters. The van der Waals surface area contributed by atoms with Crippen molar-refractivity contribution in [3.63, 3.8) is 0 Å². The van der Waals surface area contributed by atoms with Gasteiger partial charge in [-0.05, 0) is 45.4 Å². The molecule has 0 saturated heterocycles. The van der Waals surface area contributed by atoms with Gasteiger partial charge < -0.3 is 4.74 Å². The van der Waals surface area contributed by atoms with E-state index in [-0.39, 0.29) is 12.3 Å². The number of amides is 1. The zero-order valence-electron chi connectivity index (χ0n) is 13.6. The summed E-state index contributed by atoms with van der Waals surface area (Å²) in [6, 6.07) is 0. The van der Waals surface area contributed by atoms with Crippen LogP contribution in [0.15, 0.2) is 12.2 Å². The maximum atomic E-state index is 13.0. The summed E-state index contributed by atoms with van der Waals surface area (Å²) in [7, 11) is -11.6. The smallest absolute Gasteiger partial charge is 0.442 e. The van der Waals surface area contributed by atoms with Gasteiger partial charge in [0.15, 0.2) is 0 Å². The van der Waals surface area contributed by atoms with Crippen molar-refractivity contribution >= 4 is 26.1 Å².